The van der Waals surface area contributed by atoms with Crippen LogP contribution in [0.4, 0.5) is 0 Å². The molecule has 5 heteroatoms. The van der Waals surface area contributed by atoms with Crippen LogP contribution in [0.5, 0.6) is 5.75 Å². The fourth-order valence-electron chi connectivity index (χ4n) is 3.84. The zero-order chi connectivity index (χ0) is 17.5. The summed E-state index contributed by atoms with van der Waals surface area (Å²) in [5.41, 5.74) is 1.23. The fourth-order valence-corrected chi connectivity index (χ4v) is 3.84. The number of guanidine groups is 1. The molecule has 0 aliphatic carbocycles. The Labute approximate surface area is 151 Å². The molecule has 3 rings (SSSR count). The lowest BCUT2D eigenvalue weighted by molar-refractivity contribution is 0.187. The molecular weight excluding hydrogens is 312 g/mol. The van der Waals surface area contributed by atoms with Crippen molar-refractivity contribution in [2.24, 2.45) is 10.9 Å². The number of aliphatic imine (C=N–C) groups is 1. The van der Waals surface area contributed by atoms with Crippen molar-refractivity contribution in [1.29, 1.82) is 0 Å². The summed E-state index contributed by atoms with van der Waals surface area (Å²) in [5, 5.41) is 7.07. The molecule has 1 atom stereocenters. The highest BCUT2D eigenvalue weighted by Crippen LogP contribution is 2.31. The maximum absolute atomic E-state index is 5.74. The van der Waals surface area contributed by atoms with Crippen LogP contribution in [-0.4, -0.2) is 50.7 Å². The van der Waals surface area contributed by atoms with Crippen molar-refractivity contribution in [2.75, 3.05) is 39.8 Å². The third kappa shape index (κ3) is 4.88. The lowest BCUT2D eigenvalue weighted by Gasteiger charge is -2.31. The molecule has 2 aliphatic rings. The van der Waals surface area contributed by atoms with Crippen LogP contribution in [0.15, 0.2) is 29.3 Å². The largest absolute Gasteiger partial charge is 0.493 e. The minimum absolute atomic E-state index is 0.268. The van der Waals surface area contributed by atoms with Gasteiger partial charge in [-0.05, 0) is 50.9 Å². The zero-order valence-corrected chi connectivity index (χ0v) is 15.6. The molecule has 1 unspecified atom stereocenters. The number of ether oxygens (including phenoxy) is 1. The molecule has 138 valence electrons. The lowest BCUT2D eigenvalue weighted by Crippen LogP contribution is -2.42. The fraction of sp³-hybridized carbons (Fsp3) is 0.650. The Hall–Kier alpha value is -1.75. The van der Waals surface area contributed by atoms with Gasteiger partial charge in [-0.2, -0.15) is 0 Å². The van der Waals surface area contributed by atoms with Crippen LogP contribution in [0.2, 0.25) is 0 Å². The van der Waals surface area contributed by atoms with Crippen molar-refractivity contribution in [3.8, 4) is 5.75 Å². The van der Waals surface area contributed by atoms with Crippen molar-refractivity contribution in [3.05, 3.63) is 29.8 Å². The molecule has 2 heterocycles. The molecule has 1 fully saturated rings. The Bertz CT molecular complexity index is 567. The normalized spacial score (nSPS) is 22.2. The summed E-state index contributed by atoms with van der Waals surface area (Å²) in [6.45, 7) is 7.70. The van der Waals surface area contributed by atoms with Gasteiger partial charge < -0.3 is 20.3 Å². The van der Waals surface area contributed by atoms with Crippen LogP contribution in [0.3, 0.4) is 0 Å². The molecule has 0 spiro atoms. The quantitative estimate of drug-likeness (QED) is 0.637. The van der Waals surface area contributed by atoms with Crippen LogP contribution in [-0.2, 0) is 0 Å². The van der Waals surface area contributed by atoms with E-state index in [1.54, 1.807) is 0 Å². The Kier molecular flexibility index (Phi) is 6.56. The van der Waals surface area contributed by atoms with E-state index >= 15 is 0 Å². The molecule has 0 aromatic heterocycles. The van der Waals surface area contributed by atoms with Gasteiger partial charge in [0.1, 0.15) is 5.75 Å². The van der Waals surface area contributed by atoms with E-state index in [0.29, 0.717) is 0 Å². The van der Waals surface area contributed by atoms with E-state index < -0.39 is 0 Å². The topological polar surface area (TPSA) is 48.9 Å². The highest BCUT2D eigenvalue weighted by atomic mass is 16.5. The molecule has 1 aromatic carbocycles. The molecule has 0 amide bonds. The third-order valence-corrected chi connectivity index (χ3v) is 5.49. The smallest absolute Gasteiger partial charge is 0.191 e. The SMILES string of the molecule is CCN1CCC(CCNC(=NC)NC2CCOc3ccccc32)CC1. The maximum Gasteiger partial charge on any atom is 0.191 e. The number of piperidine rings is 1. The molecule has 0 bridgehead atoms. The van der Waals surface area contributed by atoms with Crippen molar-refractivity contribution >= 4 is 5.96 Å². The third-order valence-electron chi connectivity index (χ3n) is 5.49. The average molecular weight is 345 g/mol. The van der Waals surface area contributed by atoms with Gasteiger partial charge >= 0.3 is 0 Å². The first kappa shape index (κ1) is 18.1. The standard InChI is InChI=1S/C20H32N4O/c1-3-24-13-9-16(10-14-24)8-12-22-20(21-2)23-18-11-15-25-19-7-5-4-6-17(18)19/h4-7,16,18H,3,8-15H2,1-2H3,(H2,21,22,23). The van der Waals surface area contributed by atoms with Crippen molar-refractivity contribution in [1.82, 2.24) is 15.5 Å². The first-order chi connectivity index (χ1) is 12.3. The van der Waals surface area contributed by atoms with E-state index in [4.69, 9.17) is 4.74 Å². The number of hydrogen-bond acceptors (Lipinski definition) is 3. The van der Waals surface area contributed by atoms with Gasteiger partial charge in [0.05, 0.1) is 12.6 Å². The van der Waals surface area contributed by atoms with Crippen LogP contribution < -0.4 is 15.4 Å². The van der Waals surface area contributed by atoms with Gasteiger partial charge in [0, 0.05) is 25.6 Å². The van der Waals surface area contributed by atoms with Crippen LogP contribution in [0, 0.1) is 5.92 Å². The second-order valence-electron chi connectivity index (χ2n) is 7.04. The summed E-state index contributed by atoms with van der Waals surface area (Å²) >= 11 is 0. The minimum Gasteiger partial charge on any atom is -0.493 e. The number of para-hydroxylation sites is 1. The Balaban J connectivity index is 1.45. The molecule has 2 N–H and O–H groups in total. The number of rotatable bonds is 5. The van der Waals surface area contributed by atoms with Gasteiger partial charge in [0.2, 0.25) is 0 Å². The summed E-state index contributed by atoms with van der Waals surface area (Å²) in [5.74, 6) is 2.73. The summed E-state index contributed by atoms with van der Waals surface area (Å²) in [6, 6.07) is 8.55. The number of fused-ring (bicyclic) bond motifs is 1. The summed E-state index contributed by atoms with van der Waals surface area (Å²) in [7, 11) is 1.85. The van der Waals surface area contributed by atoms with Crippen LogP contribution in [0.1, 0.15) is 44.2 Å². The summed E-state index contributed by atoms with van der Waals surface area (Å²) in [6.07, 6.45) is 4.85. The number of hydrogen-bond donors (Lipinski definition) is 2. The van der Waals surface area contributed by atoms with Crippen LogP contribution >= 0.6 is 0 Å². The van der Waals surface area contributed by atoms with E-state index in [1.807, 2.05) is 19.2 Å². The van der Waals surface area contributed by atoms with Gasteiger partial charge in [-0.1, -0.05) is 25.1 Å². The van der Waals surface area contributed by atoms with Crippen molar-refractivity contribution in [3.63, 3.8) is 0 Å². The molecule has 0 saturated carbocycles. The number of nitrogens with one attached hydrogen (secondary N) is 2. The Morgan fingerprint density at radius 3 is 2.80 bits per heavy atom. The molecule has 1 saturated heterocycles. The molecule has 25 heavy (non-hydrogen) atoms. The van der Waals surface area contributed by atoms with E-state index in [1.165, 1.54) is 44.5 Å². The van der Waals surface area contributed by atoms with E-state index in [0.717, 1.165) is 37.2 Å². The monoisotopic (exact) mass is 344 g/mol. The number of benzene rings is 1. The Morgan fingerprint density at radius 2 is 2.04 bits per heavy atom. The number of nitrogens with zero attached hydrogens (tertiary/aromatic N) is 2. The van der Waals surface area contributed by atoms with Gasteiger partial charge in [-0.25, -0.2) is 0 Å². The summed E-state index contributed by atoms with van der Waals surface area (Å²) in [4.78, 5) is 6.96. The van der Waals surface area contributed by atoms with E-state index in [-0.39, 0.29) is 6.04 Å². The van der Waals surface area contributed by atoms with E-state index in [2.05, 4.69) is 39.6 Å². The van der Waals surface area contributed by atoms with Gasteiger partial charge in [0.15, 0.2) is 5.96 Å². The zero-order valence-electron chi connectivity index (χ0n) is 15.6. The molecule has 1 aromatic rings. The predicted octanol–water partition coefficient (Wildman–Crippen LogP) is 2.80. The Morgan fingerprint density at radius 1 is 1.24 bits per heavy atom. The molecule has 0 radical (unpaired) electrons. The highest BCUT2D eigenvalue weighted by Gasteiger charge is 2.22. The lowest BCUT2D eigenvalue weighted by atomic mass is 9.93. The van der Waals surface area contributed by atoms with Crippen molar-refractivity contribution < 1.29 is 4.74 Å². The van der Waals surface area contributed by atoms with Gasteiger partial charge in [0.25, 0.3) is 0 Å². The average Bonchev–Trinajstić information content (AvgIpc) is 2.68. The van der Waals surface area contributed by atoms with Gasteiger partial charge in [-0.3, -0.25) is 4.99 Å². The van der Waals surface area contributed by atoms with E-state index in [9.17, 15) is 0 Å². The number of likely N-dealkylation sites (tertiary alicyclic amines) is 1. The second-order valence-corrected chi connectivity index (χ2v) is 7.04. The maximum atomic E-state index is 5.74. The molecular formula is C20H32N4O. The molecule has 2 aliphatic heterocycles. The van der Waals surface area contributed by atoms with Crippen molar-refractivity contribution in [2.45, 2.75) is 38.6 Å². The predicted molar refractivity (Wildman–Crippen MR) is 103 cm³/mol. The molecule has 5 nitrogen and oxygen atoms in total. The first-order valence-electron chi connectivity index (χ1n) is 9.71. The summed E-state index contributed by atoms with van der Waals surface area (Å²) < 4.78 is 5.74. The minimum atomic E-state index is 0.268. The first-order valence-corrected chi connectivity index (χ1v) is 9.71. The second kappa shape index (κ2) is 9.09. The van der Waals surface area contributed by atoms with Crippen LogP contribution in [0.25, 0.3) is 0 Å². The van der Waals surface area contributed by atoms with Gasteiger partial charge in [-0.15, -0.1) is 0 Å². The highest BCUT2D eigenvalue weighted by molar-refractivity contribution is 5.80.